The van der Waals surface area contributed by atoms with Crippen LogP contribution in [0.25, 0.3) is 11.4 Å². The van der Waals surface area contributed by atoms with Crippen LogP contribution in [0, 0.1) is 0 Å². The second kappa shape index (κ2) is 3.37. The van der Waals surface area contributed by atoms with Gasteiger partial charge in [0.1, 0.15) is 0 Å². The minimum Gasteiger partial charge on any atom is -0.298 e. The Hall–Kier alpha value is -2.04. The third kappa shape index (κ3) is 1.28. The number of aryl methyl sites for hydroxylation is 1. The number of aldehydes is 1. The molecule has 0 saturated heterocycles. The molecule has 0 radical (unpaired) electrons. The number of tetrazole rings is 1. The van der Waals surface area contributed by atoms with Crippen LogP contribution in [0.2, 0.25) is 0 Å². The maximum Gasteiger partial charge on any atom is 0.182 e. The lowest BCUT2D eigenvalue weighted by atomic mass is 10.1. The van der Waals surface area contributed by atoms with E-state index in [1.54, 1.807) is 19.2 Å². The first-order valence-electron chi connectivity index (χ1n) is 4.10. The lowest BCUT2D eigenvalue weighted by Crippen LogP contribution is -1.97. The number of nitrogens with zero attached hydrogens (tertiary/aromatic N) is 4. The molecule has 2 rings (SSSR count). The molecule has 5 heteroatoms. The van der Waals surface area contributed by atoms with E-state index in [1.807, 2.05) is 12.1 Å². The topological polar surface area (TPSA) is 60.7 Å². The highest BCUT2D eigenvalue weighted by molar-refractivity contribution is 5.85. The smallest absolute Gasteiger partial charge is 0.182 e. The second-order valence-corrected chi connectivity index (χ2v) is 2.83. The molecule has 1 aromatic heterocycles. The zero-order valence-corrected chi connectivity index (χ0v) is 7.58. The Morgan fingerprint density at radius 3 is 2.79 bits per heavy atom. The second-order valence-electron chi connectivity index (χ2n) is 2.83. The van der Waals surface area contributed by atoms with Crippen molar-refractivity contribution in [2.24, 2.45) is 7.05 Å². The summed E-state index contributed by atoms with van der Waals surface area (Å²) in [5.74, 6) is 0.590. The number of carbonyl (C=O) groups is 1. The minimum atomic E-state index is 0.588. The monoisotopic (exact) mass is 188 g/mol. The van der Waals surface area contributed by atoms with Crippen LogP contribution in [0.4, 0.5) is 0 Å². The minimum absolute atomic E-state index is 0.588. The quantitative estimate of drug-likeness (QED) is 0.650. The summed E-state index contributed by atoms with van der Waals surface area (Å²) in [6.07, 6.45) is 0.796. The molecule has 0 aliphatic carbocycles. The molecule has 0 unspecified atom stereocenters. The van der Waals surface area contributed by atoms with Crippen molar-refractivity contribution in [2.75, 3.05) is 0 Å². The van der Waals surface area contributed by atoms with Crippen LogP contribution in [0.15, 0.2) is 24.3 Å². The van der Waals surface area contributed by atoms with Crippen molar-refractivity contribution in [3.8, 4) is 11.4 Å². The van der Waals surface area contributed by atoms with E-state index in [0.29, 0.717) is 11.4 Å². The lowest BCUT2D eigenvalue weighted by molar-refractivity contribution is 0.112. The van der Waals surface area contributed by atoms with Crippen LogP contribution in [-0.2, 0) is 7.05 Å². The van der Waals surface area contributed by atoms with E-state index in [-0.39, 0.29) is 0 Å². The number of benzene rings is 1. The van der Waals surface area contributed by atoms with Crippen LogP contribution in [-0.4, -0.2) is 26.5 Å². The summed E-state index contributed by atoms with van der Waals surface area (Å²) in [5, 5.41) is 11.1. The first kappa shape index (κ1) is 8.55. The highest BCUT2D eigenvalue weighted by atomic mass is 16.1. The van der Waals surface area contributed by atoms with Gasteiger partial charge >= 0.3 is 0 Å². The van der Waals surface area contributed by atoms with Crippen LogP contribution in [0.3, 0.4) is 0 Å². The van der Waals surface area contributed by atoms with Crippen LogP contribution in [0.5, 0.6) is 0 Å². The van der Waals surface area contributed by atoms with Gasteiger partial charge < -0.3 is 0 Å². The number of hydrogen-bond acceptors (Lipinski definition) is 4. The van der Waals surface area contributed by atoms with Gasteiger partial charge in [-0.2, -0.15) is 0 Å². The molecule has 0 bridgehead atoms. The van der Waals surface area contributed by atoms with E-state index in [9.17, 15) is 4.79 Å². The molecule has 0 saturated carbocycles. The Balaban J connectivity index is 2.62. The SMILES string of the molecule is Cn1nnnc1-c1ccccc1C=O. The van der Waals surface area contributed by atoms with E-state index in [0.717, 1.165) is 11.8 Å². The standard InChI is InChI=1S/C9H8N4O/c1-13-9(10-11-12-13)8-5-3-2-4-7(8)6-14/h2-6H,1H3. The molecular weight excluding hydrogens is 180 g/mol. The van der Waals surface area contributed by atoms with Crippen LogP contribution in [0.1, 0.15) is 10.4 Å². The van der Waals surface area contributed by atoms with E-state index in [4.69, 9.17) is 0 Å². The van der Waals surface area contributed by atoms with Crippen molar-refractivity contribution in [3.63, 3.8) is 0 Å². The van der Waals surface area contributed by atoms with Gasteiger partial charge in [-0.05, 0) is 10.4 Å². The van der Waals surface area contributed by atoms with Crippen molar-refractivity contribution < 1.29 is 4.79 Å². The lowest BCUT2D eigenvalue weighted by Gasteiger charge is -2.00. The van der Waals surface area contributed by atoms with E-state index < -0.39 is 0 Å². The van der Waals surface area contributed by atoms with Crippen LogP contribution >= 0.6 is 0 Å². The number of hydrogen-bond donors (Lipinski definition) is 0. The maximum atomic E-state index is 10.8. The number of carbonyl (C=O) groups excluding carboxylic acids is 1. The summed E-state index contributed by atoms with van der Waals surface area (Å²) < 4.78 is 1.53. The fourth-order valence-electron chi connectivity index (χ4n) is 1.26. The van der Waals surface area contributed by atoms with Gasteiger partial charge in [-0.3, -0.25) is 4.79 Å². The molecule has 0 aliphatic heterocycles. The molecule has 1 aromatic carbocycles. The van der Waals surface area contributed by atoms with Crippen LogP contribution < -0.4 is 0 Å². The molecule has 14 heavy (non-hydrogen) atoms. The molecule has 0 N–H and O–H groups in total. The van der Waals surface area contributed by atoms with Gasteiger partial charge in [0.2, 0.25) is 0 Å². The third-order valence-corrected chi connectivity index (χ3v) is 1.95. The molecule has 1 heterocycles. The highest BCUT2D eigenvalue weighted by Gasteiger charge is 2.09. The van der Waals surface area contributed by atoms with Gasteiger partial charge in [0.25, 0.3) is 0 Å². The van der Waals surface area contributed by atoms with Gasteiger partial charge in [0.15, 0.2) is 12.1 Å². The zero-order chi connectivity index (χ0) is 9.97. The van der Waals surface area contributed by atoms with E-state index in [2.05, 4.69) is 15.5 Å². The summed E-state index contributed by atoms with van der Waals surface area (Å²) in [7, 11) is 1.73. The fraction of sp³-hybridized carbons (Fsp3) is 0.111. The summed E-state index contributed by atoms with van der Waals surface area (Å²) >= 11 is 0. The van der Waals surface area contributed by atoms with E-state index in [1.165, 1.54) is 4.68 Å². The van der Waals surface area contributed by atoms with Gasteiger partial charge in [-0.15, -0.1) is 5.10 Å². The Morgan fingerprint density at radius 1 is 1.36 bits per heavy atom. The Kier molecular flexibility index (Phi) is 2.06. The summed E-state index contributed by atoms with van der Waals surface area (Å²) in [6.45, 7) is 0. The molecular formula is C9H8N4O. The molecule has 0 atom stereocenters. The molecule has 0 amide bonds. The normalized spacial score (nSPS) is 10.1. The van der Waals surface area contributed by atoms with Crippen molar-refractivity contribution in [1.29, 1.82) is 0 Å². The van der Waals surface area contributed by atoms with Gasteiger partial charge in [0.05, 0.1) is 0 Å². The Bertz CT molecular complexity index is 463. The predicted molar refractivity (Wildman–Crippen MR) is 49.6 cm³/mol. The largest absolute Gasteiger partial charge is 0.298 e. The molecule has 0 aliphatic rings. The molecule has 0 spiro atoms. The van der Waals surface area contributed by atoms with Crippen molar-refractivity contribution in [2.45, 2.75) is 0 Å². The van der Waals surface area contributed by atoms with Gasteiger partial charge in [-0.1, -0.05) is 24.3 Å². The van der Waals surface area contributed by atoms with Gasteiger partial charge in [-0.25, -0.2) is 4.68 Å². The number of rotatable bonds is 2. The molecule has 70 valence electrons. The Morgan fingerprint density at radius 2 is 2.14 bits per heavy atom. The average Bonchev–Trinajstić information content (AvgIpc) is 2.64. The molecule has 0 fully saturated rings. The summed E-state index contributed by atoms with van der Waals surface area (Å²) in [6, 6.07) is 7.19. The average molecular weight is 188 g/mol. The Labute approximate surface area is 80.4 Å². The van der Waals surface area contributed by atoms with Crippen molar-refractivity contribution >= 4 is 6.29 Å². The van der Waals surface area contributed by atoms with Crippen molar-refractivity contribution in [1.82, 2.24) is 20.2 Å². The predicted octanol–water partition coefficient (Wildman–Crippen LogP) is 0.690. The van der Waals surface area contributed by atoms with Gasteiger partial charge in [0, 0.05) is 18.2 Å². The molecule has 2 aromatic rings. The zero-order valence-electron chi connectivity index (χ0n) is 7.58. The number of aromatic nitrogens is 4. The third-order valence-electron chi connectivity index (χ3n) is 1.95. The first-order chi connectivity index (χ1) is 6.83. The molecule has 5 nitrogen and oxygen atoms in total. The first-order valence-corrected chi connectivity index (χ1v) is 4.10. The van der Waals surface area contributed by atoms with Crippen molar-refractivity contribution in [3.05, 3.63) is 29.8 Å². The highest BCUT2D eigenvalue weighted by Crippen LogP contribution is 2.18. The van der Waals surface area contributed by atoms with E-state index >= 15 is 0 Å². The summed E-state index contributed by atoms with van der Waals surface area (Å²) in [5.41, 5.74) is 1.33. The fourth-order valence-corrected chi connectivity index (χ4v) is 1.26. The summed E-state index contributed by atoms with van der Waals surface area (Å²) in [4.78, 5) is 10.8. The maximum absolute atomic E-state index is 10.8.